The molecule has 0 aliphatic rings. The summed E-state index contributed by atoms with van der Waals surface area (Å²) in [4.78, 5) is 11.8. The highest BCUT2D eigenvalue weighted by molar-refractivity contribution is 5.78. The molecule has 118 valence electrons. The summed E-state index contributed by atoms with van der Waals surface area (Å²) < 4.78 is 15.6. The maximum atomic E-state index is 11.8. The van der Waals surface area contributed by atoms with Crippen molar-refractivity contribution >= 4 is 5.91 Å². The second-order valence-corrected chi connectivity index (χ2v) is 4.47. The standard InChI is InChI=1S/C15H24N2O4/c1-19-13-5-4-12(10-14(13)20-2)11-15(18)17-7-3-8-21-9-6-16/h4-5,10H,3,6-9,11,16H2,1-2H3,(H,17,18). The Balaban J connectivity index is 2.34. The van der Waals surface area contributed by atoms with Crippen molar-refractivity contribution in [1.29, 1.82) is 0 Å². The molecule has 6 heteroatoms. The van der Waals surface area contributed by atoms with E-state index in [-0.39, 0.29) is 5.91 Å². The minimum absolute atomic E-state index is 0.0268. The van der Waals surface area contributed by atoms with E-state index in [4.69, 9.17) is 19.9 Å². The minimum Gasteiger partial charge on any atom is -0.493 e. The fourth-order valence-corrected chi connectivity index (χ4v) is 1.83. The molecule has 21 heavy (non-hydrogen) atoms. The number of ether oxygens (including phenoxy) is 3. The monoisotopic (exact) mass is 296 g/mol. The first-order chi connectivity index (χ1) is 10.2. The minimum atomic E-state index is -0.0268. The van der Waals surface area contributed by atoms with Crippen LogP contribution in [0.25, 0.3) is 0 Å². The highest BCUT2D eigenvalue weighted by Crippen LogP contribution is 2.27. The molecule has 0 fully saturated rings. The van der Waals surface area contributed by atoms with Crippen LogP contribution in [0, 0.1) is 0 Å². The molecule has 0 heterocycles. The van der Waals surface area contributed by atoms with Crippen LogP contribution in [0.1, 0.15) is 12.0 Å². The molecular formula is C15H24N2O4. The fraction of sp³-hybridized carbons (Fsp3) is 0.533. The molecule has 6 nitrogen and oxygen atoms in total. The Kier molecular flexibility index (Phi) is 8.23. The van der Waals surface area contributed by atoms with Crippen molar-refractivity contribution in [2.75, 3.05) is 40.5 Å². The second kappa shape index (κ2) is 10.0. The van der Waals surface area contributed by atoms with Crippen LogP contribution in [0.15, 0.2) is 18.2 Å². The van der Waals surface area contributed by atoms with E-state index in [1.165, 1.54) is 0 Å². The molecule has 1 aromatic carbocycles. The molecule has 0 unspecified atom stereocenters. The van der Waals surface area contributed by atoms with E-state index in [0.717, 1.165) is 12.0 Å². The number of benzene rings is 1. The van der Waals surface area contributed by atoms with Gasteiger partial charge in [-0.15, -0.1) is 0 Å². The van der Waals surface area contributed by atoms with E-state index in [0.29, 0.717) is 44.2 Å². The summed E-state index contributed by atoms with van der Waals surface area (Å²) in [6, 6.07) is 5.45. The summed E-state index contributed by atoms with van der Waals surface area (Å²) in [5.74, 6) is 1.25. The van der Waals surface area contributed by atoms with E-state index in [2.05, 4.69) is 5.32 Å². The molecule has 0 saturated heterocycles. The Labute approximate surface area is 125 Å². The molecule has 0 aliphatic heterocycles. The van der Waals surface area contributed by atoms with Crippen LogP contribution in [0.5, 0.6) is 11.5 Å². The number of rotatable bonds is 10. The average molecular weight is 296 g/mol. The zero-order valence-electron chi connectivity index (χ0n) is 12.7. The Hall–Kier alpha value is -1.79. The highest BCUT2D eigenvalue weighted by Gasteiger charge is 2.08. The summed E-state index contributed by atoms with van der Waals surface area (Å²) >= 11 is 0. The van der Waals surface area contributed by atoms with Crippen molar-refractivity contribution in [2.45, 2.75) is 12.8 Å². The van der Waals surface area contributed by atoms with E-state index < -0.39 is 0 Å². The van der Waals surface area contributed by atoms with Crippen LogP contribution in [0.4, 0.5) is 0 Å². The first-order valence-electron chi connectivity index (χ1n) is 6.96. The van der Waals surface area contributed by atoms with Crippen LogP contribution in [0.2, 0.25) is 0 Å². The maximum Gasteiger partial charge on any atom is 0.224 e. The number of hydrogen-bond acceptors (Lipinski definition) is 5. The van der Waals surface area contributed by atoms with E-state index >= 15 is 0 Å². The smallest absolute Gasteiger partial charge is 0.224 e. The maximum absolute atomic E-state index is 11.8. The molecule has 0 aromatic heterocycles. The van der Waals surface area contributed by atoms with Crippen LogP contribution >= 0.6 is 0 Å². The number of methoxy groups -OCH3 is 2. The lowest BCUT2D eigenvalue weighted by Crippen LogP contribution is -2.27. The summed E-state index contributed by atoms with van der Waals surface area (Å²) in [7, 11) is 3.15. The first-order valence-corrected chi connectivity index (χ1v) is 6.96. The van der Waals surface area contributed by atoms with Gasteiger partial charge < -0.3 is 25.3 Å². The molecule has 0 bridgehead atoms. The predicted molar refractivity (Wildman–Crippen MR) is 80.8 cm³/mol. The third-order valence-electron chi connectivity index (χ3n) is 2.86. The molecule has 1 aromatic rings. The summed E-state index contributed by atoms with van der Waals surface area (Å²) in [5.41, 5.74) is 6.19. The number of carbonyl (C=O) groups is 1. The van der Waals surface area contributed by atoms with Gasteiger partial charge in [0, 0.05) is 19.7 Å². The van der Waals surface area contributed by atoms with Crippen LogP contribution in [0.3, 0.4) is 0 Å². The highest BCUT2D eigenvalue weighted by atomic mass is 16.5. The van der Waals surface area contributed by atoms with Gasteiger partial charge >= 0.3 is 0 Å². The third-order valence-corrected chi connectivity index (χ3v) is 2.86. The van der Waals surface area contributed by atoms with Crippen molar-refractivity contribution in [1.82, 2.24) is 5.32 Å². The molecule has 0 saturated carbocycles. The summed E-state index contributed by atoms with van der Waals surface area (Å²) in [6.45, 7) is 2.27. The van der Waals surface area contributed by atoms with Gasteiger partial charge in [-0.1, -0.05) is 6.07 Å². The van der Waals surface area contributed by atoms with Crippen LogP contribution in [-0.4, -0.2) is 46.4 Å². The van der Waals surface area contributed by atoms with E-state index in [1.807, 2.05) is 12.1 Å². The molecule has 0 atom stereocenters. The Morgan fingerprint density at radius 1 is 1.19 bits per heavy atom. The molecule has 1 rings (SSSR count). The van der Waals surface area contributed by atoms with Gasteiger partial charge in [-0.3, -0.25) is 4.79 Å². The van der Waals surface area contributed by atoms with Crippen molar-refractivity contribution in [3.05, 3.63) is 23.8 Å². The van der Waals surface area contributed by atoms with Gasteiger partial charge in [0.1, 0.15) is 0 Å². The first kappa shape index (κ1) is 17.3. The fourth-order valence-electron chi connectivity index (χ4n) is 1.83. The molecule has 0 radical (unpaired) electrons. The largest absolute Gasteiger partial charge is 0.493 e. The number of nitrogens with two attached hydrogens (primary N) is 1. The zero-order chi connectivity index (χ0) is 15.5. The Bertz CT molecular complexity index is 438. The van der Waals surface area contributed by atoms with Gasteiger partial charge in [-0.05, 0) is 24.1 Å². The molecule has 0 aliphatic carbocycles. The average Bonchev–Trinajstić information content (AvgIpc) is 2.50. The van der Waals surface area contributed by atoms with Crippen molar-refractivity contribution in [2.24, 2.45) is 5.73 Å². The van der Waals surface area contributed by atoms with Crippen molar-refractivity contribution in [3.63, 3.8) is 0 Å². The van der Waals surface area contributed by atoms with Gasteiger partial charge in [0.2, 0.25) is 5.91 Å². The lowest BCUT2D eigenvalue weighted by molar-refractivity contribution is -0.120. The van der Waals surface area contributed by atoms with E-state index in [9.17, 15) is 4.79 Å². The second-order valence-electron chi connectivity index (χ2n) is 4.47. The van der Waals surface area contributed by atoms with Crippen molar-refractivity contribution < 1.29 is 19.0 Å². The van der Waals surface area contributed by atoms with Gasteiger partial charge in [-0.25, -0.2) is 0 Å². The zero-order valence-corrected chi connectivity index (χ0v) is 12.7. The Morgan fingerprint density at radius 3 is 2.62 bits per heavy atom. The molecular weight excluding hydrogens is 272 g/mol. The molecule has 1 amide bonds. The van der Waals surface area contributed by atoms with Gasteiger partial charge in [0.05, 0.1) is 27.2 Å². The normalized spacial score (nSPS) is 10.2. The number of nitrogens with one attached hydrogen (secondary N) is 1. The topological polar surface area (TPSA) is 82.8 Å². The third kappa shape index (κ3) is 6.46. The van der Waals surface area contributed by atoms with Crippen LogP contribution < -0.4 is 20.5 Å². The van der Waals surface area contributed by atoms with Crippen LogP contribution in [-0.2, 0) is 16.0 Å². The lowest BCUT2D eigenvalue weighted by atomic mass is 10.1. The summed E-state index contributed by atoms with van der Waals surface area (Å²) in [6.07, 6.45) is 1.09. The molecule has 3 N–H and O–H groups in total. The lowest BCUT2D eigenvalue weighted by Gasteiger charge is -2.10. The number of carbonyl (C=O) groups excluding carboxylic acids is 1. The van der Waals surface area contributed by atoms with Crippen molar-refractivity contribution in [3.8, 4) is 11.5 Å². The predicted octanol–water partition coefficient (Wildman–Crippen LogP) is 0.728. The SMILES string of the molecule is COc1ccc(CC(=O)NCCCOCCN)cc1OC. The van der Waals surface area contributed by atoms with Gasteiger partial charge in [0.15, 0.2) is 11.5 Å². The Morgan fingerprint density at radius 2 is 1.95 bits per heavy atom. The van der Waals surface area contributed by atoms with E-state index in [1.54, 1.807) is 20.3 Å². The summed E-state index contributed by atoms with van der Waals surface area (Å²) in [5, 5.41) is 2.85. The number of amides is 1. The molecule has 0 spiro atoms. The van der Waals surface area contributed by atoms with Gasteiger partial charge in [-0.2, -0.15) is 0 Å². The quantitative estimate of drug-likeness (QED) is 0.622. The van der Waals surface area contributed by atoms with Gasteiger partial charge in [0.25, 0.3) is 0 Å². The number of hydrogen-bond donors (Lipinski definition) is 2.